The maximum atomic E-state index is 12.0. The van der Waals surface area contributed by atoms with Crippen LogP contribution in [-0.2, 0) is 23.8 Å². The largest absolute Gasteiger partial charge is 0.545 e. The van der Waals surface area contributed by atoms with Crippen LogP contribution in [0.15, 0.2) is 85.1 Å². The van der Waals surface area contributed by atoms with Gasteiger partial charge in [0.15, 0.2) is 6.29 Å². The van der Waals surface area contributed by atoms with Gasteiger partial charge in [0.05, 0.1) is 40.3 Å². The number of carbonyl (C=O) groups excluding carboxylic acids is 2. The van der Waals surface area contributed by atoms with Crippen LogP contribution in [0.25, 0.3) is 0 Å². The van der Waals surface area contributed by atoms with Crippen LogP contribution in [0.2, 0.25) is 0 Å². The van der Waals surface area contributed by atoms with E-state index >= 15 is 0 Å². The van der Waals surface area contributed by atoms with E-state index in [2.05, 4.69) is 92.0 Å². The van der Waals surface area contributed by atoms with E-state index in [9.17, 15) is 19.8 Å². The monoisotopic (exact) mass is 728 g/mol. The quantitative estimate of drug-likeness (QED) is 0.0229. The summed E-state index contributed by atoms with van der Waals surface area (Å²) in [4.78, 5) is 23.2. The molecule has 0 spiro atoms. The minimum Gasteiger partial charge on any atom is -0.545 e. The molecule has 2 atom stereocenters. The van der Waals surface area contributed by atoms with Gasteiger partial charge in [-0.25, -0.2) is 0 Å². The van der Waals surface area contributed by atoms with Crippen LogP contribution in [0.1, 0.15) is 122 Å². The number of aliphatic carboxylic acids is 1. The molecule has 0 aliphatic rings. The average Bonchev–Trinajstić information content (AvgIpc) is 3.10. The Morgan fingerprint density at radius 2 is 1.02 bits per heavy atom. The Kier molecular flexibility index (Phi) is 34.2. The molecule has 0 heterocycles. The number of nitrogens with zero attached hydrogens (tertiary/aromatic N) is 1. The van der Waals surface area contributed by atoms with Crippen molar-refractivity contribution >= 4 is 11.9 Å². The first kappa shape index (κ1) is 49.0. The highest BCUT2D eigenvalue weighted by Crippen LogP contribution is 2.12. The van der Waals surface area contributed by atoms with Crippen molar-refractivity contribution in [3.8, 4) is 0 Å². The number of ether oxygens (including phenoxy) is 3. The molecular weight excluding hydrogens is 654 g/mol. The van der Waals surface area contributed by atoms with Crippen LogP contribution in [0.4, 0.5) is 0 Å². The fourth-order valence-corrected chi connectivity index (χ4v) is 4.81. The standard InChI is InChI=1S/C44H73NO7/c1-5-6-7-8-9-10-11-12-13-14-15-16-17-18-19-20-21-22-23-24-25-26-27-28-29-30-31-32-33-34-35-36-42(47)51-39-41(46)40-52-44(43(48)49)50-38-37-45(2,3)4/h6-7,9-10,12-13,15-16,18-19,21-22,24-25,41,44,46H,5,8,11,14,17,20,23,26-40H2,1-4H3/b7-6-,10-9-,13-12-,16-15-,19-18-,22-21-,25-24-. The summed E-state index contributed by atoms with van der Waals surface area (Å²) in [5.74, 6) is -1.89. The van der Waals surface area contributed by atoms with Crippen molar-refractivity contribution in [1.29, 1.82) is 0 Å². The fourth-order valence-electron chi connectivity index (χ4n) is 4.81. The highest BCUT2D eigenvalue weighted by Gasteiger charge is 2.17. The van der Waals surface area contributed by atoms with E-state index in [0.29, 0.717) is 17.4 Å². The smallest absolute Gasteiger partial charge is 0.305 e. The molecule has 0 aromatic heterocycles. The Bertz CT molecular complexity index is 1060. The van der Waals surface area contributed by atoms with Crippen LogP contribution in [-0.4, -0.2) is 81.4 Å². The fraction of sp³-hybridized carbons (Fsp3) is 0.636. The molecule has 8 nitrogen and oxygen atoms in total. The van der Waals surface area contributed by atoms with E-state index in [4.69, 9.17) is 14.2 Å². The third kappa shape index (κ3) is 38.2. The van der Waals surface area contributed by atoms with Gasteiger partial charge >= 0.3 is 5.97 Å². The van der Waals surface area contributed by atoms with Crippen molar-refractivity contribution in [2.45, 2.75) is 135 Å². The molecule has 0 saturated carbocycles. The lowest BCUT2D eigenvalue weighted by molar-refractivity contribution is -0.870. The summed E-state index contributed by atoms with van der Waals surface area (Å²) < 4.78 is 16.0. The number of carbonyl (C=O) groups is 2. The number of rotatable bonds is 35. The molecule has 1 N–H and O–H groups in total. The number of unbranched alkanes of at least 4 members (excludes halogenated alkanes) is 9. The Hall–Kier alpha value is -3.04. The van der Waals surface area contributed by atoms with Crippen LogP contribution in [0.5, 0.6) is 0 Å². The molecule has 0 amide bonds. The Morgan fingerprint density at radius 1 is 0.596 bits per heavy atom. The molecule has 0 radical (unpaired) electrons. The van der Waals surface area contributed by atoms with Gasteiger partial charge in [-0.3, -0.25) is 4.79 Å². The lowest BCUT2D eigenvalue weighted by atomic mass is 10.1. The third-order valence-electron chi connectivity index (χ3n) is 7.89. The second-order valence-electron chi connectivity index (χ2n) is 14.0. The lowest BCUT2D eigenvalue weighted by Gasteiger charge is -2.26. The van der Waals surface area contributed by atoms with Crippen molar-refractivity contribution < 1.29 is 38.5 Å². The van der Waals surface area contributed by atoms with E-state index in [-0.39, 0.29) is 25.8 Å². The molecule has 0 saturated heterocycles. The number of likely N-dealkylation sites (N-methyl/N-ethyl adjacent to an activating group) is 1. The van der Waals surface area contributed by atoms with Crippen molar-refractivity contribution in [2.75, 3.05) is 47.5 Å². The van der Waals surface area contributed by atoms with Crippen molar-refractivity contribution in [3.63, 3.8) is 0 Å². The maximum Gasteiger partial charge on any atom is 0.305 e. The van der Waals surface area contributed by atoms with E-state index in [0.717, 1.165) is 70.6 Å². The van der Waals surface area contributed by atoms with Gasteiger partial charge in [0, 0.05) is 6.42 Å². The molecule has 8 heteroatoms. The lowest BCUT2D eigenvalue weighted by Crippen LogP contribution is -2.44. The minimum atomic E-state index is -1.58. The zero-order chi connectivity index (χ0) is 38.4. The first-order valence-electron chi connectivity index (χ1n) is 19.8. The van der Waals surface area contributed by atoms with Crippen molar-refractivity contribution in [3.05, 3.63) is 85.1 Å². The number of quaternary nitrogens is 1. The molecule has 0 bridgehead atoms. The van der Waals surface area contributed by atoms with Crippen LogP contribution >= 0.6 is 0 Å². The Labute approximate surface area is 317 Å². The van der Waals surface area contributed by atoms with Gasteiger partial charge in [0.2, 0.25) is 0 Å². The molecule has 296 valence electrons. The zero-order valence-electron chi connectivity index (χ0n) is 33.1. The number of carboxylic acids is 1. The van der Waals surface area contributed by atoms with Gasteiger partial charge in [0.25, 0.3) is 0 Å². The summed E-state index contributed by atoms with van der Waals surface area (Å²) in [5.41, 5.74) is 0. The molecule has 0 rings (SSSR count). The molecule has 0 aliphatic heterocycles. The summed E-state index contributed by atoms with van der Waals surface area (Å²) >= 11 is 0. The predicted molar refractivity (Wildman–Crippen MR) is 213 cm³/mol. The summed E-state index contributed by atoms with van der Waals surface area (Å²) in [7, 11) is 5.86. The SMILES string of the molecule is CC/C=C\C/C=C\C/C=C\C/C=C\C/C=C\C/C=C\C/C=C\CCCCCCCCCCCC(=O)OCC(O)COC(OCC[N+](C)(C)C)C(=O)[O-]. The van der Waals surface area contributed by atoms with E-state index in [1.54, 1.807) is 0 Å². The normalized spacial score (nSPS) is 14.1. The number of esters is 1. The Morgan fingerprint density at radius 3 is 1.46 bits per heavy atom. The van der Waals surface area contributed by atoms with Gasteiger partial charge in [-0.05, 0) is 64.2 Å². The number of carboxylic acid groups (broad SMARTS) is 1. The number of aliphatic hydroxyl groups is 1. The summed E-state index contributed by atoms with van der Waals surface area (Å²) in [6.07, 6.45) is 47.4. The van der Waals surface area contributed by atoms with Crippen LogP contribution in [0.3, 0.4) is 0 Å². The maximum absolute atomic E-state index is 12.0. The van der Waals surface area contributed by atoms with Gasteiger partial charge in [-0.1, -0.05) is 137 Å². The summed E-state index contributed by atoms with van der Waals surface area (Å²) in [6, 6.07) is 0. The van der Waals surface area contributed by atoms with Gasteiger partial charge < -0.3 is 33.7 Å². The van der Waals surface area contributed by atoms with Gasteiger partial charge in [-0.2, -0.15) is 0 Å². The third-order valence-corrected chi connectivity index (χ3v) is 7.89. The Balaban J connectivity index is 3.60. The molecule has 0 aliphatic carbocycles. The molecule has 0 aromatic rings. The number of aliphatic hydroxyl groups excluding tert-OH is 1. The first-order valence-corrected chi connectivity index (χ1v) is 19.8. The number of allylic oxidation sites excluding steroid dienone is 14. The van der Waals surface area contributed by atoms with Crippen LogP contribution in [0, 0.1) is 0 Å². The van der Waals surface area contributed by atoms with E-state index < -0.39 is 18.4 Å². The first-order chi connectivity index (χ1) is 25.2. The highest BCUT2D eigenvalue weighted by molar-refractivity contribution is 5.69. The molecule has 0 aromatic carbocycles. The predicted octanol–water partition coefficient (Wildman–Crippen LogP) is 8.64. The molecule has 52 heavy (non-hydrogen) atoms. The topological polar surface area (TPSA) is 105 Å². The van der Waals surface area contributed by atoms with Crippen molar-refractivity contribution in [1.82, 2.24) is 0 Å². The molecular formula is C44H73NO7. The summed E-state index contributed by atoms with van der Waals surface area (Å²) in [6.45, 7) is 2.32. The molecule has 2 unspecified atom stereocenters. The van der Waals surface area contributed by atoms with Crippen molar-refractivity contribution in [2.24, 2.45) is 0 Å². The zero-order valence-corrected chi connectivity index (χ0v) is 33.1. The number of hydrogen-bond acceptors (Lipinski definition) is 7. The highest BCUT2D eigenvalue weighted by atomic mass is 16.7. The second kappa shape index (κ2) is 36.3. The number of hydrogen-bond donors (Lipinski definition) is 1. The van der Waals surface area contributed by atoms with Gasteiger partial charge in [0.1, 0.15) is 19.3 Å². The second-order valence-corrected chi connectivity index (χ2v) is 14.0. The van der Waals surface area contributed by atoms with Crippen LogP contribution < -0.4 is 5.11 Å². The van der Waals surface area contributed by atoms with E-state index in [1.165, 1.54) is 38.5 Å². The average molecular weight is 728 g/mol. The summed E-state index contributed by atoms with van der Waals surface area (Å²) in [5, 5.41) is 21.2. The van der Waals surface area contributed by atoms with E-state index in [1.807, 2.05) is 21.1 Å². The van der Waals surface area contributed by atoms with Gasteiger partial charge in [-0.15, -0.1) is 0 Å². The minimum absolute atomic E-state index is 0.165. The molecule has 0 fully saturated rings.